The Labute approximate surface area is 227 Å². The number of fused-ring (bicyclic) bond motifs is 1. The largest absolute Gasteiger partial charge is 0.425 e. The molecule has 0 radical (unpaired) electrons. The summed E-state index contributed by atoms with van der Waals surface area (Å²) in [6.45, 7) is 1.05. The van der Waals surface area contributed by atoms with Crippen molar-refractivity contribution in [2.45, 2.75) is 42.9 Å². The number of imidazole rings is 1. The van der Waals surface area contributed by atoms with Crippen LogP contribution >= 0.6 is 0 Å². The highest BCUT2D eigenvalue weighted by Crippen LogP contribution is 2.42. The number of sulfone groups is 1. The van der Waals surface area contributed by atoms with Gasteiger partial charge in [0, 0.05) is 17.8 Å². The molecule has 1 saturated carbocycles. The zero-order chi connectivity index (χ0) is 28.7. The summed E-state index contributed by atoms with van der Waals surface area (Å²) in [4.78, 5) is 21.7. The van der Waals surface area contributed by atoms with Crippen LogP contribution in [-0.4, -0.2) is 46.3 Å². The summed E-state index contributed by atoms with van der Waals surface area (Å²) in [5.41, 5.74) is 0.905. The standard InChI is InChI=1S/C27H25F3N4O5S/c1-2-40(37,38)20-10-11-21(31-14-20)23(15-35)32-25(36)16-3-12-24-22(13-16)33-26(34(24)18-6-7-18)39-19-8-4-17(5-9-19)27(28,29)30/h3-5,8-14,18,23,35H,2,6-7,15H2,1H3,(H,32,36). The quantitative estimate of drug-likeness (QED) is 0.293. The van der Waals surface area contributed by atoms with Crippen LogP contribution in [0, 0.1) is 0 Å². The molecule has 0 spiro atoms. The van der Waals surface area contributed by atoms with Gasteiger partial charge in [-0.25, -0.2) is 8.42 Å². The van der Waals surface area contributed by atoms with Crippen molar-refractivity contribution in [3.05, 3.63) is 77.6 Å². The first-order valence-electron chi connectivity index (χ1n) is 12.5. The summed E-state index contributed by atoms with van der Waals surface area (Å²) >= 11 is 0. The van der Waals surface area contributed by atoms with E-state index >= 15 is 0 Å². The Balaban J connectivity index is 1.37. The number of aliphatic hydroxyl groups excluding tert-OH is 1. The number of aromatic nitrogens is 3. The minimum atomic E-state index is -4.46. The molecule has 0 saturated heterocycles. The second-order valence-electron chi connectivity index (χ2n) is 9.35. The number of alkyl halides is 3. The molecule has 2 aromatic carbocycles. The fourth-order valence-corrected chi connectivity index (χ4v) is 5.02. The van der Waals surface area contributed by atoms with Gasteiger partial charge in [-0.3, -0.25) is 14.3 Å². The molecular weight excluding hydrogens is 549 g/mol. The number of carbonyl (C=O) groups excluding carboxylic acids is 1. The van der Waals surface area contributed by atoms with Gasteiger partial charge < -0.3 is 15.2 Å². The van der Waals surface area contributed by atoms with Gasteiger partial charge >= 0.3 is 12.2 Å². The van der Waals surface area contributed by atoms with E-state index in [-0.39, 0.29) is 39.7 Å². The maximum Gasteiger partial charge on any atom is 0.416 e. The second kappa shape index (κ2) is 10.5. The first-order valence-corrected chi connectivity index (χ1v) is 14.1. The molecule has 1 unspecified atom stereocenters. The molecule has 2 N–H and O–H groups in total. The third-order valence-electron chi connectivity index (χ3n) is 6.57. The molecule has 1 fully saturated rings. The van der Waals surface area contributed by atoms with Gasteiger partial charge in [-0.1, -0.05) is 6.92 Å². The van der Waals surface area contributed by atoms with Crippen LogP contribution in [0.1, 0.15) is 53.5 Å². The van der Waals surface area contributed by atoms with E-state index in [1.165, 1.54) is 37.4 Å². The Bertz CT molecular complexity index is 1650. The molecule has 0 aliphatic heterocycles. The van der Waals surface area contributed by atoms with Crippen molar-refractivity contribution in [2.24, 2.45) is 0 Å². The van der Waals surface area contributed by atoms with E-state index in [9.17, 15) is 31.5 Å². The lowest BCUT2D eigenvalue weighted by molar-refractivity contribution is -0.137. The number of nitrogens with zero attached hydrogens (tertiary/aromatic N) is 3. The summed E-state index contributed by atoms with van der Waals surface area (Å²) in [6, 6.07) is 11.5. The van der Waals surface area contributed by atoms with E-state index in [1.807, 2.05) is 4.57 Å². The van der Waals surface area contributed by atoms with Gasteiger partial charge in [-0.05, 0) is 67.4 Å². The van der Waals surface area contributed by atoms with Crippen molar-refractivity contribution < 1.29 is 36.2 Å². The molecule has 1 aliphatic carbocycles. The third-order valence-corrected chi connectivity index (χ3v) is 8.29. The molecule has 4 aromatic rings. The molecule has 13 heteroatoms. The van der Waals surface area contributed by atoms with E-state index in [2.05, 4.69) is 15.3 Å². The Morgan fingerprint density at radius 3 is 2.45 bits per heavy atom. The second-order valence-corrected chi connectivity index (χ2v) is 11.6. The van der Waals surface area contributed by atoms with E-state index in [4.69, 9.17) is 4.74 Å². The van der Waals surface area contributed by atoms with Crippen molar-refractivity contribution in [3.63, 3.8) is 0 Å². The minimum absolute atomic E-state index is 0.0489. The van der Waals surface area contributed by atoms with Crippen molar-refractivity contribution in [1.82, 2.24) is 19.9 Å². The number of pyridine rings is 1. The van der Waals surface area contributed by atoms with E-state index < -0.39 is 40.1 Å². The van der Waals surface area contributed by atoms with Crippen LogP contribution in [0.4, 0.5) is 13.2 Å². The summed E-state index contributed by atoms with van der Waals surface area (Å²) in [5.74, 6) is -0.400. The minimum Gasteiger partial charge on any atom is -0.425 e. The molecular formula is C27H25F3N4O5S. The molecule has 5 rings (SSSR count). The number of ether oxygens (including phenoxy) is 1. The summed E-state index contributed by atoms with van der Waals surface area (Å²) in [5, 5.41) is 12.6. The van der Waals surface area contributed by atoms with Crippen LogP contribution in [0.25, 0.3) is 11.0 Å². The highest BCUT2D eigenvalue weighted by molar-refractivity contribution is 7.91. The van der Waals surface area contributed by atoms with E-state index in [1.54, 1.807) is 18.2 Å². The molecule has 1 amide bonds. The number of rotatable bonds is 9. The normalized spacial score (nSPS) is 14.7. The van der Waals surface area contributed by atoms with Gasteiger partial charge in [-0.2, -0.15) is 18.2 Å². The van der Waals surface area contributed by atoms with Crippen LogP contribution in [0.3, 0.4) is 0 Å². The van der Waals surface area contributed by atoms with Gasteiger partial charge in [0.15, 0.2) is 9.84 Å². The van der Waals surface area contributed by atoms with Crippen LogP contribution in [0.2, 0.25) is 0 Å². The Morgan fingerprint density at radius 2 is 1.88 bits per heavy atom. The summed E-state index contributed by atoms with van der Waals surface area (Å²) in [7, 11) is -3.44. The fourth-order valence-electron chi connectivity index (χ4n) is 4.20. The Kier molecular flexibility index (Phi) is 7.27. The number of amides is 1. The van der Waals surface area contributed by atoms with Gasteiger partial charge in [0.1, 0.15) is 5.75 Å². The van der Waals surface area contributed by atoms with Crippen LogP contribution in [-0.2, 0) is 16.0 Å². The number of aliphatic hydroxyl groups is 1. The SMILES string of the molecule is CCS(=O)(=O)c1ccc(C(CO)NC(=O)c2ccc3c(c2)nc(Oc2ccc(C(F)(F)F)cc2)n3C2CC2)nc1. The van der Waals surface area contributed by atoms with Crippen LogP contribution < -0.4 is 10.1 Å². The first kappa shape index (κ1) is 27.6. The number of hydrogen-bond acceptors (Lipinski definition) is 7. The zero-order valence-electron chi connectivity index (χ0n) is 21.2. The maximum absolute atomic E-state index is 13.0. The molecule has 9 nitrogen and oxygen atoms in total. The zero-order valence-corrected chi connectivity index (χ0v) is 22.0. The number of halogens is 3. The monoisotopic (exact) mass is 574 g/mol. The number of nitrogens with one attached hydrogen (secondary N) is 1. The average molecular weight is 575 g/mol. The van der Waals surface area contributed by atoms with Crippen molar-refractivity contribution in [1.29, 1.82) is 0 Å². The molecule has 1 atom stereocenters. The maximum atomic E-state index is 13.0. The third kappa shape index (κ3) is 5.65. The topological polar surface area (TPSA) is 123 Å². The van der Waals surface area contributed by atoms with Gasteiger partial charge in [0.05, 0.1) is 45.6 Å². The Morgan fingerprint density at radius 1 is 1.15 bits per heavy atom. The van der Waals surface area contributed by atoms with Crippen molar-refractivity contribution >= 4 is 26.8 Å². The molecule has 1 aliphatic rings. The lowest BCUT2D eigenvalue weighted by Crippen LogP contribution is -2.31. The smallest absolute Gasteiger partial charge is 0.416 e. The molecule has 2 aromatic heterocycles. The lowest BCUT2D eigenvalue weighted by Gasteiger charge is -2.16. The van der Waals surface area contributed by atoms with Gasteiger partial charge in [0.25, 0.3) is 5.91 Å². The summed E-state index contributed by atoms with van der Waals surface area (Å²) in [6.07, 6.45) is -1.49. The van der Waals surface area contributed by atoms with E-state index in [0.717, 1.165) is 25.0 Å². The van der Waals surface area contributed by atoms with Crippen molar-refractivity contribution in [2.75, 3.05) is 12.4 Å². The summed E-state index contributed by atoms with van der Waals surface area (Å²) < 4.78 is 70.5. The van der Waals surface area contributed by atoms with Crippen LogP contribution in [0.15, 0.2) is 65.7 Å². The number of hydrogen-bond donors (Lipinski definition) is 2. The van der Waals surface area contributed by atoms with Gasteiger partial charge in [0.2, 0.25) is 0 Å². The average Bonchev–Trinajstić information content (AvgIpc) is 3.71. The fraction of sp³-hybridized carbons (Fsp3) is 0.296. The molecule has 0 bridgehead atoms. The van der Waals surface area contributed by atoms with Gasteiger partial charge in [-0.15, -0.1) is 0 Å². The number of benzene rings is 2. The highest BCUT2D eigenvalue weighted by atomic mass is 32.2. The molecule has 2 heterocycles. The van der Waals surface area contributed by atoms with Crippen molar-refractivity contribution in [3.8, 4) is 11.8 Å². The first-order chi connectivity index (χ1) is 19.0. The molecule has 40 heavy (non-hydrogen) atoms. The van der Waals surface area contributed by atoms with Crippen LogP contribution in [0.5, 0.6) is 11.8 Å². The predicted octanol–water partition coefficient (Wildman–Crippen LogP) is 4.83. The van der Waals surface area contributed by atoms with E-state index in [0.29, 0.717) is 11.0 Å². The Hall–Kier alpha value is -3.97. The lowest BCUT2D eigenvalue weighted by atomic mass is 10.1. The highest BCUT2D eigenvalue weighted by Gasteiger charge is 2.31. The number of carbonyl (C=O) groups is 1. The predicted molar refractivity (Wildman–Crippen MR) is 139 cm³/mol. The molecule has 210 valence electrons.